The standard InChI is InChI=1S/C34H34N4O3S3/c1-24-18-25(2)22-36(21-24)44(40,41)30-15-9-12-27(19-30)32-28(23-38(35-32)29-13-7-4-8-14-29)20-31-33(39)37(34(42)43-31)17-16-26-10-5-3-6-11-26/h3-15,19-20,23-25H,16-18,21-22H2,1-2H3. The molecule has 0 radical (unpaired) electrons. The Morgan fingerprint density at radius 3 is 2.34 bits per heavy atom. The van der Waals surface area contributed by atoms with Crippen LogP contribution in [0.15, 0.2) is 101 Å². The number of amides is 1. The topological polar surface area (TPSA) is 75.5 Å². The highest BCUT2D eigenvalue weighted by Crippen LogP contribution is 2.36. The summed E-state index contributed by atoms with van der Waals surface area (Å²) >= 11 is 6.88. The van der Waals surface area contributed by atoms with Crippen molar-refractivity contribution in [3.63, 3.8) is 0 Å². The third kappa shape index (κ3) is 6.44. The third-order valence-electron chi connectivity index (χ3n) is 7.97. The normalized spacial score (nSPS) is 20.5. The van der Waals surface area contributed by atoms with E-state index in [9.17, 15) is 13.2 Å². The van der Waals surface area contributed by atoms with Crippen LogP contribution in [0.2, 0.25) is 0 Å². The molecular formula is C34H34N4O3S3. The molecule has 2 saturated heterocycles. The van der Waals surface area contributed by atoms with Crippen LogP contribution in [0.1, 0.15) is 31.4 Å². The number of nitrogens with zero attached hydrogens (tertiary/aromatic N) is 4. The van der Waals surface area contributed by atoms with Crippen LogP contribution in [0, 0.1) is 11.8 Å². The SMILES string of the molecule is CC1CC(C)CN(S(=O)(=O)c2cccc(-c3nn(-c4ccccc4)cc3C=C3SC(=S)N(CCc4ccccc4)C3=O)c2)C1. The number of piperidine rings is 1. The number of benzene rings is 3. The molecule has 0 spiro atoms. The Morgan fingerprint density at radius 1 is 0.955 bits per heavy atom. The number of rotatable bonds is 8. The number of hydrogen-bond acceptors (Lipinski definition) is 6. The lowest BCUT2D eigenvalue weighted by Gasteiger charge is -2.34. The molecule has 0 saturated carbocycles. The van der Waals surface area contributed by atoms with Crippen LogP contribution in [0.25, 0.3) is 23.0 Å². The zero-order valence-electron chi connectivity index (χ0n) is 24.7. The molecule has 2 atom stereocenters. The summed E-state index contributed by atoms with van der Waals surface area (Å²) in [4.78, 5) is 15.9. The van der Waals surface area contributed by atoms with Gasteiger partial charge in [-0.3, -0.25) is 9.69 Å². The van der Waals surface area contributed by atoms with E-state index in [0.29, 0.717) is 63.9 Å². The first-order valence-corrected chi connectivity index (χ1v) is 17.4. The molecule has 2 aliphatic rings. The van der Waals surface area contributed by atoms with Gasteiger partial charge in [0.15, 0.2) is 0 Å². The van der Waals surface area contributed by atoms with E-state index < -0.39 is 10.0 Å². The molecular weight excluding hydrogens is 609 g/mol. The van der Waals surface area contributed by atoms with Crippen molar-refractivity contribution in [1.29, 1.82) is 0 Å². The fourth-order valence-electron chi connectivity index (χ4n) is 5.90. The number of aromatic nitrogens is 2. The molecule has 1 aromatic heterocycles. The molecule has 10 heteroatoms. The van der Waals surface area contributed by atoms with E-state index in [1.807, 2.05) is 79.0 Å². The second-order valence-electron chi connectivity index (χ2n) is 11.6. The van der Waals surface area contributed by atoms with Gasteiger partial charge in [-0.25, -0.2) is 13.1 Å². The van der Waals surface area contributed by atoms with Crippen LogP contribution < -0.4 is 0 Å². The van der Waals surface area contributed by atoms with Crippen molar-refractivity contribution < 1.29 is 13.2 Å². The summed E-state index contributed by atoms with van der Waals surface area (Å²) in [5, 5.41) is 4.89. The van der Waals surface area contributed by atoms with Gasteiger partial charge < -0.3 is 0 Å². The molecule has 0 N–H and O–H groups in total. The molecule has 2 aliphatic heterocycles. The van der Waals surface area contributed by atoms with E-state index in [2.05, 4.69) is 13.8 Å². The van der Waals surface area contributed by atoms with Crippen molar-refractivity contribution in [2.24, 2.45) is 11.8 Å². The largest absolute Gasteiger partial charge is 0.293 e. The average Bonchev–Trinajstić information content (AvgIpc) is 3.56. The van der Waals surface area contributed by atoms with Crippen LogP contribution >= 0.6 is 24.0 Å². The molecule has 226 valence electrons. The van der Waals surface area contributed by atoms with Crippen LogP contribution in [0.4, 0.5) is 0 Å². The fourth-order valence-corrected chi connectivity index (χ4v) is 8.93. The van der Waals surface area contributed by atoms with E-state index in [0.717, 1.165) is 17.7 Å². The van der Waals surface area contributed by atoms with Crippen LogP contribution in [-0.4, -0.2) is 57.3 Å². The average molecular weight is 643 g/mol. The Balaban J connectivity index is 1.35. The van der Waals surface area contributed by atoms with Gasteiger partial charge in [0.1, 0.15) is 10.0 Å². The molecule has 2 fully saturated rings. The van der Waals surface area contributed by atoms with Crippen molar-refractivity contribution in [3.05, 3.63) is 107 Å². The lowest BCUT2D eigenvalue weighted by Crippen LogP contribution is -2.42. The summed E-state index contributed by atoms with van der Waals surface area (Å²) in [6.07, 6.45) is 5.41. The van der Waals surface area contributed by atoms with Crippen molar-refractivity contribution in [1.82, 2.24) is 19.0 Å². The highest BCUT2D eigenvalue weighted by molar-refractivity contribution is 8.26. The zero-order chi connectivity index (χ0) is 30.8. The summed E-state index contributed by atoms with van der Waals surface area (Å²) in [6.45, 7) is 5.71. The second kappa shape index (κ2) is 12.8. The lowest BCUT2D eigenvalue weighted by atomic mass is 9.94. The minimum absolute atomic E-state index is 0.140. The molecule has 44 heavy (non-hydrogen) atoms. The van der Waals surface area contributed by atoms with Crippen LogP contribution in [-0.2, 0) is 21.2 Å². The van der Waals surface area contributed by atoms with E-state index in [1.54, 1.807) is 32.1 Å². The first-order chi connectivity index (χ1) is 21.2. The van der Waals surface area contributed by atoms with E-state index in [-0.39, 0.29) is 10.8 Å². The summed E-state index contributed by atoms with van der Waals surface area (Å²) in [7, 11) is -3.69. The van der Waals surface area contributed by atoms with Crippen LogP contribution in [0.5, 0.6) is 0 Å². The van der Waals surface area contributed by atoms with Crippen molar-refractivity contribution in [2.75, 3.05) is 19.6 Å². The maximum Gasteiger partial charge on any atom is 0.266 e. The number of para-hydroxylation sites is 1. The smallest absolute Gasteiger partial charge is 0.266 e. The second-order valence-corrected chi connectivity index (χ2v) is 15.2. The molecule has 0 aliphatic carbocycles. The van der Waals surface area contributed by atoms with E-state index >= 15 is 0 Å². The number of carbonyl (C=O) groups excluding carboxylic acids is 1. The maximum absolute atomic E-state index is 13.8. The van der Waals surface area contributed by atoms with Gasteiger partial charge in [0.2, 0.25) is 10.0 Å². The predicted octanol–water partition coefficient (Wildman–Crippen LogP) is 6.65. The van der Waals surface area contributed by atoms with Gasteiger partial charge in [-0.1, -0.05) is 98.5 Å². The minimum atomic E-state index is -3.69. The number of thioether (sulfide) groups is 1. The molecule has 3 heterocycles. The molecule has 3 aromatic carbocycles. The third-order valence-corrected chi connectivity index (χ3v) is 11.2. The summed E-state index contributed by atoms with van der Waals surface area (Å²) in [5.74, 6) is 0.464. The van der Waals surface area contributed by atoms with Gasteiger partial charge in [-0.15, -0.1) is 0 Å². The number of sulfonamides is 1. The first-order valence-electron chi connectivity index (χ1n) is 14.7. The van der Waals surface area contributed by atoms with E-state index in [4.69, 9.17) is 17.3 Å². The highest BCUT2D eigenvalue weighted by Gasteiger charge is 2.33. The van der Waals surface area contributed by atoms with Gasteiger partial charge in [-0.2, -0.15) is 9.40 Å². The van der Waals surface area contributed by atoms with Gasteiger partial charge in [0.05, 0.1) is 15.5 Å². The molecule has 1 amide bonds. The highest BCUT2D eigenvalue weighted by atomic mass is 32.2. The quantitative estimate of drug-likeness (QED) is 0.158. The molecule has 7 nitrogen and oxygen atoms in total. The van der Waals surface area contributed by atoms with Crippen molar-refractivity contribution >= 4 is 50.3 Å². The molecule has 2 unspecified atom stereocenters. The minimum Gasteiger partial charge on any atom is -0.293 e. The van der Waals surface area contributed by atoms with E-state index in [1.165, 1.54) is 11.8 Å². The van der Waals surface area contributed by atoms with Crippen molar-refractivity contribution in [2.45, 2.75) is 31.6 Å². The maximum atomic E-state index is 13.8. The van der Waals surface area contributed by atoms with Gasteiger partial charge >= 0.3 is 0 Å². The molecule has 0 bridgehead atoms. The van der Waals surface area contributed by atoms with Crippen molar-refractivity contribution in [3.8, 4) is 16.9 Å². The Labute approximate surface area is 268 Å². The fraction of sp³-hybridized carbons (Fsp3) is 0.265. The Morgan fingerprint density at radius 2 is 1.64 bits per heavy atom. The molecule has 4 aromatic rings. The monoisotopic (exact) mass is 642 g/mol. The number of carbonyl (C=O) groups is 1. The molecule has 6 rings (SSSR count). The summed E-state index contributed by atoms with van der Waals surface area (Å²) < 4.78 is 31.4. The number of thiocarbonyl (C=S) groups is 1. The first kappa shape index (κ1) is 30.5. The lowest BCUT2D eigenvalue weighted by molar-refractivity contribution is -0.122. The van der Waals surface area contributed by atoms with Crippen LogP contribution in [0.3, 0.4) is 0 Å². The summed E-state index contributed by atoms with van der Waals surface area (Å²) in [5.41, 5.74) is 3.93. The predicted molar refractivity (Wildman–Crippen MR) is 181 cm³/mol. The summed E-state index contributed by atoms with van der Waals surface area (Å²) in [6, 6.07) is 26.7. The zero-order valence-corrected chi connectivity index (χ0v) is 27.1. The Kier molecular flexibility index (Phi) is 8.87. The van der Waals surface area contributed by atoms with Gasteiger partial charge in [-0.05, 0) is 60.6 Å². The Hall–Kier alpha value is -3.57. The van der Waals surface area contributed by atoms with Gasteiger partial charge in [0.25, 0.3) is 5.91 Å². The van der Waals surface area contributed by atoms with Gasteiger partial charge in [0, 0.05) is 37.0 Å². The Bertz CT molecular complexity index is 1810. The number of hydrogen-bond donors (Lipinski definition) is 0.